The van der Waals surface area contributed by atoms with Gasteiger partial charge in [0.15, 0.2) is 0 Å². The Morgan fingerprint density at radius 3 is 2.44 bits per heavy atom. The number of hydrogen-bond donors (Lipinski definition) is 5. The molecule has 5 rings (SSSR count). The molecule has 202 valence electrons. The van der Waals surface area contributed by atoms with E-state index in [1.54, 1.807) is 11.3 Å². The molecule has 39 heavy (non-hydrogen) atoms. The summed E-state index contributed by atoms with van der Waals surface area (Å²) in [5, 5.41) is 17.1. The number of nitrogens with one attached hydrogen (secondary N) is 4. The molecule has 6 N–H and O–H groups in total. The van der Waals surface area contributed by atoms with E-state index in [-0.39, 0.29) is 18.2 Å². The van der Waals surface area contributed by atoms with Crippen LogP contribution in [0.1, 0.15) is 24.0 Å². The van der Waals surface area contributed by atoms with Gasteiger partial charge in [-0.25, -0.2) is 0 Å². The lowest BCUT2D eigenvalue weighted by molar-refractivity contribution is -0.133. The van der Waals surface area contributed by atoms with Crippen molar-refractivity contribution in [1.82, 2.24) is 21.3 Å². The van der Waals surface area contributed by atoms with Gasteiger partial charge in [-0.2, -0.15) is 0 Å². The Morgan fingerprint density at radius 1 is 0.923 bits per heavy atom. The van der Waals surface area contributed by atoms with Gasteiger partial charge >= 0.3 is 0 Å². The first kappa shape index (κ1) is 26.8. The smallest absolute Gasteiger partial charge is 0.244 e. The summed E-state index contributed by atoms with van der Waals surface area (Å²) in [6, 6.07) is 21.0. The predicted octanol–water partition coefficient (Wildman–Crippen LogP) is 2.59. The van der Waals surface area contributed by atoms with Crippen LogP contribution in [0.4, 0.5) is 0 Å². The number of hydrogen-bond acceptors (Lipinski definition) is 6. The second-order valence-electron chi connectivity index (χ2n) is 10.1. The molecule has 3 amide bonds. The summed E-state index contributed by atoms with van der Waals surface area (Å²) >= 11 is 1.62. The number of thiophene rings is 1. The van der Waals surface area contributed by atoms with Gasteiger partial charge in [0.1, 0.15) is 12.2 Å². The maximum absolute atomic E-state index is 13.8. The van der Waals surface area contributed by atoms with E-state index in [2.05, 4.69) is 21.3 Å². The monoisotopic (exact) mass is 543 g/mol. The minimum Gasteiger partial charge on any atom is -0.342 e. The minimum absolute atomic E-state index is 0.280. The molecule has 1 fully saturated rings. The Balaban J connectivity index is 1.39. The van der Waals surface area contributed by atoms with Gasteiger partial charge in [-0.1, -0.05) is 60.7 Å². The van der Waals surface area contributed by atoms with Crippen molar-refractivity contribution in [2.45, 2.75) is 43.4 Å². The van der Waals surface area contributed by atoms with Crippen molar-refractivity contribution in [2.24, 2.45) is 5.73 Å². The zero-order valence-corrected chi connectivity index (χ0v) is 22.4. The third-order valence-electron chi connectivity index (χ3n) is 7.44. The van der Waals surface area contributed by atoms with E-state index in [0.717, 1.165) is 32.0 Å². The SMILES string of the molecule is NC1(C(=O)N[C@H](Cc2cccc3ccccc23)C(=O)N[C@H](Cc2csc3ccccc23)NC=O)CCNCC1. The topological polar surface area (TPSA) is 125 Å². The number of rotatable bonds is 10. The van der Waals surface area contributed by atoms with Crippen LogP contribution in [0.25, 0.3) is 20.9 Å². The third kappa shape index (κ3) is 6.11. The number of fused-ring (bicyclic) bond motifs is 2. The van der Waals surface area contributed by atoms with Gasteiger partial charge in [-0.3, -0.25) is 14.4 Å². The van der Waals surface area contributed by atoms with E-state index >= 15 is 0 Å². The van der Waals surface area contributed by atoms with E-state index < -0.39 is 17.7 Å². The maximum atomic E-state index is 13.8. The fraction of sp³-hybridized carbons (Fsp3) is 0.300. The summed E-state index contributed by atoms with van der Waals surface area (Å²) in [7, 11) is 0. The molecule has 0 radical (unpaired) electrons. The summed E-state index contributed by atoms with van der Waals surface area (Å²) in [5.41, 5.74) is 7.41. The highest BCUT2D eigenvalue weighted by atomic mass is 32.1. The molecule has 0 spiro atoms. The van der Waals surface area contributed by atoms with Crippen LogP contribution in [0.3, 0.4) is 0 Å². The molecule has 1 aliphatic rings. The Morgan fingerprint density at radius 2 is 1.64 bits per heavy atom. The second kappa shape index (κ2) is 11.9. The van der Waals surface area contributed by atoms with Crippen LogP contribution in [-0.2, 0) is 27.2 Å². The van der Waals surface area contributed by atoms with Crippen molar-refractivity contribution in [3.8, 4) is 0 Å². The first-order valence-corrected chi connectivity index (χ1v) is 14.1. The highest BCUT2D eigenvalue weighted by Crippen LogP contribution is 2.26. The number of amides is 3. The Labute approximate surface area is 231 Å². The first-order valence-electron chi connectivity index (χ1n) is 13.2. The molecular formula is C30H33N5O3S. The molecule has 1 aliphatic heterocycles. The lowest BCUT2D eigenvalue weighted by Gasteiger charge is -2.34. The summed E-state index contributed by atoms with van der Waals surface area (Å²) in [5.74, 6) is -0.721. The van der Waals surface area contributed by atoms with E-state index in [1.165, 1.54) is 0 Å². The van der Waals surface area contributed by atoms with Crippen LogP contribution < -0.4 is 27.0 Å². The third-order valence-corrected chi connectivity index (χ3v) is 8.46. The molecule has 1 aromatic heterocycles. The van der Waals surface area contributed by atoms with Crippen molar-refractivity contribution < 1.29 is 14.4 Å². The molecule has 2 atom stereocenters. The lowest BCUT2D eigenvalue weighted by Crippen LogP contribution is -2.63. The van der Waals surface area contributed by atoms with Gasteiger partial charge < -0.3 is 27.0 Å². The number of benzene rings is 3. The maximum Gasteiger partial charge on any atom is 0.244 e. The number of nitrogens with two attached hydrogens (primary N) is 1. The molecule has 3 aromatic carbocycles. The molecule has 0 aliphatic carbocycles. The summed E-state index contributed by atoms with van der Waals surface area (Å²) in [6.07, 6.45) is 1.61. The van der Waals surface area contributed by atoms with Crippen LogP contribution in [-0.4, -0.2) is 49.1 Å². The standard InChI is InChI=1S/C30H33N5O3S/c31-30(12-14-32-15-13-30)29(38)34-25(16-21-8-5-7-20-6-1-2-9-23(20)21)28(37)35-27(33-19-36)17-22-18-39-26-11-4-3-10-24(22)26/h1-11,18-19,25,27,32H,12-17,31H2,(H,33,36)(H,34,38)(H,35,37)/t25-,27-/m1/s1. The molecule has 0 bridgehead atoms. The van der Waals surface area contributed by atoms with Crippen molar-refractivity contribution in [3.05, 3.63) is 83.2 Å². The van der Waals surface area contributed by atoms with Gasteiger partial charge in [0.25, 0.3) is 0 Å². The van der Waals surface area contributed by atoms with Crippen LogP contribution >= 0.6 is 11.3 Å². The van der Waals surface area contributed by atoms with E-state index in [0.29, 0.717) is 38.8 Å². The Bertz CT molecular complexity index is 1470. The van der Waals surface area contributed by atoms with Gasteiger partial charge in [0, 0.05) is 17.5 Å². The van der Waals surface area contributed by atoms with Crippen LogP contribution in [0.15, 0.2) is 72.1 Å². The second-order valence-corrected chi connectivity index (χ2v) is 11.0. The number of carbonyl (C=O) groups is 3. The fourth-order valence-electron chi connectivity index (χ4n) is 5.22. The van der Waals surface area contributed by atoms with E-state index in [9.17, 15) is 14.4 Å². The van der Waals surface area contributed by atoms with Crippen molar-refractivity contribution >= 4 is 50.4 Å². The predicted molar refractivity (Wildman–Crippen MR) is 155 cm³/mol. The highest BCUT2D eigenvalue weighted by Gasteiger charge is 2.37. The lowest BCUT2D eigenvalue weighted by atomic mass is 9.88. The summed E-state index contributed by atoms with van der Waals surface area (Å²) < 4.78 is 1.14. The molecule has 4 aromatic rings. The summed E-state index contributed by atoms with van der Waals surface area (Å²) in [4.78, 5) is 38.6. The average Bonchev–Trinajstić information content (AvgIpc) is 3.36. The van der Waals surface area contributed by atoms with Gasteiger partial charge in [-0.05, 0) is 64.7 Å². The van der Waals surface area contributed by atoms with Crippen molar-refractivity contribution in [3.63, 3.8) is 0 Å². The van der Waals surface area contributed by atoms with Gasteiger partial charge in [-0.15, -0.1) is 11.3 Å². The van der Waals surface area contributed by atoms with E-state index in [4.69, 9.17) is 5.73 Å². The van der Waals surface area contributed by atoms with Crippen molar-refractivity contribution in [1.29, 1.82) is 0 Å². The van der Waals surface area contributed by atoms with Crippen LogP contribution in [0.5, 0.6) is 0 Å². The van der Waals surface area contributed by atoms with Crippen LogP contribution in [0, 0.1) is 0 Å². The fourth-order valence-corrected chi connectivity index (χ4v) is 6.19. The largest absolute Gasteiger partial charge is 0.342 e. The zero-order chi connectivity index (χ0) is 27.2. The molecule has 1 saturated heterocycles. The van der Waals surface area contributed by atoms with Crippen molar-refractivity contribution in [2.75, 3.05) is 13.1 Å². The van der Waals surface area contributed by atoms with E-state index in [1.807, 2.05) is 72.1 Å². The quantitative estimate of drug-likeness (QED) is 0.155. The minimum atomic E-state index is -1.04. The zero-order valence-electron chi connectivity index (χ0n) is 21.6. The molecule has 8 nitrogen and oxygen atoms in total. The molecular weight excluding hydrogens is 510 g/mol. The molecule has 2 heterocycles. The summed E-state index contributed by atoms with van der Waals surface area (Å²) in [6.45, 7) is 1.29. The van der Waals surface area contributed by atoms with Gasteiger partial charge in [0.2, 0.25) is 18.2 Å². The molecule has 0 unspecified atom stereocenters. The normalized spacial score (nSPS) is 16.3. The Kier molecular flexibility index (Phi) is 8.21. The van der Waals surface area contributed by atoms with Gasteiger partial charge in [0.05, 0.1) is 5.54 Å². The molecule has 0 saturated carbocycles. The first-order chi connectivity index (χ1) is 19.0. The van der Waals surface area contributed by atoms with Crippen LogP contribution in [0.2, 0.25) is 0 Å². The highest BCUT2D eigenvalue weighted by molar-refractivity contribution is 7.17. The molecule has 9 heteroatoms. The number of piperidine rings is 1. The average molecular weight is 544 g/mol. The Hall–Kier alpha value is -3.79. The number of carbonyl (C=O) groups excluding carboxylic acids is 3.